The topological polar surface area (TPSA) is 86.8 Å². The first-order valence-corrected chi connectivity index (χ1v) is 11.0. The minimum Gasteiger partial charge on any atom is -0.369 e. The maximum Gasteiger partial charge on any atom is 0.220 e. The van der Waals surface area contributed by atoms with E-state index in [1.54, 1.807) is 7.05 Å². The van der Waals surface area contributed by atoms with Crippen LogP contribution in [0.1, 0.15) is 36.5 Å². The minimum atomic E-state index is -0.196. The van der Waals surface area contributed by atoms with E-state index in [0.717, 1.165) is 56.2 Å². The van der Waals surface area contributed by atoms with Gasteiger partial charge in [0.15, 0.2) is 5.96 Å². The largest absolute Gasteiger partial charge is 0.369 e. The van der Waals surface area contributed by atoms with E-state index in [9.17, 15) is 4.79 Å². The molecule has 166 valence electrons. The van der Waals surface area contributed by atoms with Crippen molar-refractivity contribution in [3.8, 4) is 0 Å². The van der Waals surface area contributed by atoms with E-state index in [-0.39, 0.29) is 11.8 Å². The lowest BCUT2D eigenvalue weighted by Crippen LogP contribution is -2.40. The van der Waals surface area contributed by atoms with Crippen molar-refractivity contribution in [2.45, 2.75) is 39.3 Å². The predicted octanol–water partition coefficient (Wildman–Crippen LogP) is 2.55. The molecule has 0 unspecified atom stereocenters. The summed E-state index contributed by atoms with van der Waals surface area (Å²) in [6, 6.07) is 12.8. The Morgan fingerprint density at radius 1 is 1.23 bits per heavy atom. The van der Waals surface area contributed by atoms with Gasteiger partial charge in [0.05, 0.1) is 0 Å². The molecule has 1 aromatic heterocycles. The lowest BCUT2D eigenvalue weighted by Gasteiger charge is -2.32. The normalized spacial score (nSPS) is 15.1. The highest BCUT2D eigenvalue weighted by molar-refractivity contribution is 5.79. The first kappa shape index (κ1) is 22.6. The highest BCUT2D eigenvalue weighted by atomic mass is 16.1. The molecule has 1 fully saturated rings. The Labute approximate surface area is 185 Å². The summed E-state index contributed by atoms with van der Waals surface area (Å²) >= 11 is 0. The number of benzene rings is 1. The average Bonchev–Trinajstić information content (AvgIpc) is 2.80. The predicted molar refractivity (Wildman–Crippen MR) is 126 cm³/mol. The highest BCUT2D eigenvalue weighted by Crippen LogP contribution is 2.24. The van der Waals surface area contributed by atoms with Gasteiger partial charge in [-0.3, -0.25) is 9.79 Å². The van der Waals surface area contributed by atoms with Crippen LogP contribution in [-0.4, -0.2) is 48.9 Å². The van der Waals surface area contributed by atoms with Crippen LogP contribution < -0.4 is 16.0 Å². The number of amides is 1. The number of anilines is 1. The van der Waals surface area contributed by atoms with Gasteiger partial charge in [-0.05, 0) is 36.5 Å². The monoisotopic (exact) mass is 422 g/mol. The molecular weight excluding hydrogens is 388 g/mol. The number of carbonyl (C=O) groups excluding carboxylic acids is 1. The summed E-state index contributed by atoms with van der Waals surface area (Å²) in [5.41, 5.74) is 9.18. The number of nitrogens with one attached hydrogen (secondary N) is 1. The van der Waals surface area contributed by atoms with Crippen molar-refractivity contribution in [2.75, 3.05) is 32.1 Å². The van der Waals surface area contributed by atoms with Crippen LogP contribution in [0.2, 0.25) is 0 Å². The lowest BCUT2D eigenvalue weighted by atomic mass is 9.96. The molecular formula is C24H34N6O. The van der Waals surface area contributed by atoms with Crippen LogP contribution in [0, 0.1) is 5.92 Å². The number of hydrogen-bond acceptors (Lipinski definition) is 4. The Hall–Kier alpha value is -3.09. The van der Waals surface area contributed by atoms with Gasteiger partial charge >= 0.3 is 0 Å². The van der Waals surface area contributed by atoms with Gasteiger partial charge in [-0.25, -0.2) is 4.98 Å². The standard InChI is InChI=1S/C24H34N6O/c1-4-18-7-9-19(10-8-18)17-29(3)24(26-2)28-16-21-6-5-13-27-23(21)30-14-11-20(12-15-30)22(25)31/h5-10,13,20H,4,11-12,14-17H2,1-3H3,(H2,25,31)(H,26,28). The molecule has 3 rings (SSSR count). The molecule has 2 aromatic rings. The van der Waals surface area contributed by atoms with Crippen molar-refractivity contribution in [2.24, 2.45) is 16.6 Å². The first-order chi connectivity index (χ1) is 15.0. The molecule has 1 aliphatic heterocycles. The minimum absolute atomic E-state index is 0.0274. The number of aromatic nitrogens is 1. The Morgan fingerprint density at radius 3 is 2.52 bits per heavy atom. The van der Waals surface area contributed by atoms with E-state index in [2.05, 4.69) is 62.3 Å². The summed E-state index contributed by atoms with van der Waals surface area (Å²) in [4.78, 5) is 24.9. The second-order valence-electron chi connectivity index (χ2n) is 8.08. The van der Waals surface area contributed by atoms with E-state index < -0.39 is 0 Å². The van der Waals surface area contributed by atoms with Crippen molar-refractivity contribution < 1.29 is 4.79 Å². The van der Waals surface area contributed by atoms with Gasteiger partial charge in [-0.15, -0.1) is 0 Å². The number of nitrogens with two attached hydrogens (primary N) is 1. The summed E-state index contributed by atoms with van der Waals surface area (Å²) in [6.07, 6.45) is 4.42. The maximum absolute atomic E-state index is 11.5. The van der Waals surface area contributed by atoms with E-state index in [0.29, 0.717) is 6.54 Å². The first-order valence-electron chi connectivity index (χ1n) is 11.0. The van der Waals surface area contributed by atoms with Crippen LogP contribution in [0.3, 0.4) is 0 Å². The molecule has 1 aliphatic rings. The Bertz CT molecular complexity index is 887. The number of rotatable bonds is 7. The summed E-state index contributed by atoms with van der Waals surface area (Å²) in [6.45, 7) is 5.16. The number of pyridine rings is 1. The molecule has 1 saturated heterocycles. The highest BCUT2D eigenvalue weighted by Gasteiger charge is 2.25. The van der Waals surface area contributed by atoms with Crippen molar-refractivity contribution in [1.29, 1.82) is 0 Å². The quantitative estimate of drug-likeness (QED) is 0.529. The molecule has 2 heterocycles. The molecule has 7 nitrogen and oxygen atoms in total. The van der Waals surface area contributed by atoms with E-state index >= 15 is 0 Å². The van der Waals surface area contributed by atoms with Crippen LogP contribution in [0.5, 0.6) is 0 Å². The smallest absolute Gasteiger partial charge is 0.220 e. The fourth-order valence-corrected chi connectivity index (χ4v) is 4.02. The Balaban J connectivity index is 1.61. The number of nitrogens with zero attached hydrogens (tertiary/aromatic N) is 4. The molecule has 1 aromatic carbocycles. The number of guanidine groups is 1. The Morgan fingerprint density at radius 2 is 1.90 bits per heavy atom. The van der Waals surface area contributed by atoms with Gasteiger partial charge in [0.1, 0.15) is 5.82 Å². The molecule has 31 heavy (non-hydrogen) atoms. The third kappa shape index (κ3) is 5.96. The third-order valence-electron chi connectivity index (χ3n) is 5.93. The lowest BCUT2D eigenvalue weighted by molar-refractivity contribution is -0.122. The zero-order chi connectivity index (χ0) is 22.2. The van der Waals surface area contributed by atoms with Crippen LogP contribution >= 0.6 is 0 Å². The van der Waals surface area contributed by atoms with Crippen LogP contribution in [-0.2, 0) is 24.3 Å². The molecule has 0 bridgehead atoms. The molecule has 0 spiro atoms. The summed E-state index contributed by atoms with van der Waals surface area (Å²) < 4.78 is 0. The number of piperidine rings is 1. The van der Waals surface area contributed by atoms with Gasteiger partial charge in [0.2, 0.25) is 5.91 Å². The molecule has 3 N–H and O–H groups in total. The van der Waals surface area contributed by atoms with E-state index in [4.69, 9.17) is 5.73 Å². The van der Waals surface area contributed by atoms with Crippen molar-refractivity contribution in [3.05, 3.63) is 59.3 Å². The van der Waals surface area contributed by atoms with Crippen molar-refractivity contribution >= 4 is 17.7 Å². The van der Waals surface area contributed by atoms with Crippen molar-refractivity contribution in [1.82, 2.24) is 15.2 Å². The third-order valence-corrected chi connectivity index (χ3v) is 5.93. The van der Waals surface area contributed by atoms with Crippen LogP contribution in [0.4, 0.5) is 5.82 Å². The zero-order valence-electron chi connectivity index (χ0n) is 18.8. The van der Waals surface area contributed by atoms with E-state index in [1.165, 1.54) is 11.1 Å². The van der Waals surface area contributed by atoms with Crippen LogP contribution in [0.15, 0.2) is 47.6 Å². The fourth-order valence-electron chi connectivity index (χ4n) is 4.02. The molecule has 0 radical (unpaired) electrons. The maximum atomic E-state index is 11.5. The second kappa shape index (κ2) is 10.8. The zero-order valence-corrected chi connectivity index (χ0v) is 18.8. The molecule has 7 heteroatoms. The number of aryl methyl sites for hydroxylation is 1. The van der Waals surface area contributed by atoms with Gasteiger partial charge in [-0.1, -0.05) is 37.3 Å². The molecule has 0 aliphatic carbocycles. The number of hydrogen-bond donors (Lipinski definition) is 2. The number of primary amides is 1. The summed E-state index contributed by atoms with van der Waals surface area (Å²) in [5.74, 6) is 1.58. The molecule has 0 atom stereocenters. The second-order valence-corrected chi connectivity index (χ2v) is 8.08. The molecule has 1 amide bonds. The van der Waals surface area contributed by atoms with Crippen LogP contribution in [0.25, 0.3) is 0 Å². The fraction of sp³-hybridized carbons (Fsp3) is 0.458. The van der Waals surface area contributed by atoms with Gasteiger partial charge in [-0.2, -0.15) is 0 Å². The Kier molecular flexibility index (Phi) is 7.87. The summed E-state index contributed by atoms with van der Waals surface area (Å²) in [5, 5.41) is 3.47. The van der Waals surface area contributed by atoms with Gasteiger partial charge in [0, 0.05) is 58.0 Å². The molecule has 0 saturated carbocycles. The SMILES string of the molecule is CCc1ccc(CN(C)C(=NC)NCc2cccnc2N2CCC(C(N)=O)CC2)cc1. The van der Waals surface area contributed by atoms with Gasteiger partial charge in [0.25, 0.3) is 0 Å². The van der Waals surface area contributed by atoms with Gasteiger partial charge < -0.3 is 20.9 Å². The van der Waals surface area contributed by atoms with Crippen molar-refractivity contribution in [3.63, 3.8) is 0 Å². The average molecular weight is 423 g/mol. The number of aliphatic imine (C=N–C) groups is 1. The summed E-state index contributed by atoms with van der Waals surface area (Å²) in [7, 11) is 3.85. The number of carbonyl (C=O) groups is 1. The van der Waals surface area contributed by atoms with E-state index in [1.807, 2.05) is 19.3 Å².